The molecular weight excluding hydrogens is 388 g/mol. The van der Waals surface area contributed by atoms with Crippen molar-refractivity contribution in [2.24, 2.45) is 0 Å². The lowest BCUT2D eigenvalue weighted by molar-refractivity contribution is -0.124. The predicted molar refractivity (Wildman–Crippen MR) is 112 cm³/mol. The number of anilines is 1. The first-order chi connectivity index (χ1) is 14.1. The summed E-state index contributed by atoms with van der Waals surface area (Å²) in [7, 11) is 0. The van der Waals surface area contributed by atoms with Crippen LogP contribution in [0, 0.1) is 0 Å². The average molecular weight is 406 g/mol. The van der Waals surface area contributed by atoms with E-state index in [2.05, 4.69) is 20.3 Å². The zero-order valence-corrected chi connectivity index (χ0v) is 16.4. The molecule has 1 amide bonds. The third-order valence-electron chi connectivity index (χ3n) is 4.33. The zero-order chi connectivity index (χ0) is 20.2. The van der Waals surface area contributed by atoms with Gasteiger partial charge in [0.2, 0.25) is 0 Å². The van der Waals surface area contributed by atoms with Gasteiger partial charge in [0.25, 0.3) is 5.91 Å². The Morgan fingerprint density at radius 2 is 1.97 bits per heavy atom. The summed E-state index contributed by atoms with van der Waals surface area (Å²) >= 11 is 1.38. The second-order valence-electron chi connectivity index (χ2n) is 6.29. The van der Waals surface area contributed by atoms with Crippen LogP contribution in [0.25, 0.3) is 21.6 Å². The number of hydrogen-bond acceptors (Lipinski definition) is 6. The van der Waals surface area contributed by atoms with Crippen LogP contribution in [-0.2, 0) is 9.53 Å². The molecule has 4 rings (SSSR count). The van der Waals surface area contributed by atoms with Crippen LogP contribution in [-0.4, -0.2) is 32.9 Å². The predicted octanol–water partition coefficient (Wildman–Crippen LogP) is 4.26. The van der Waals surface area contributed by atoms with E-state index in [1.54, 1.807) is 43.6 Å². The Bertz CT molecular complexity index is 1100. The molecule has 2 aromatic heterocycles. The largest absolute Gasteiger partial charge is 0.449 e. The molecule has 0 aliphatic heterocycles. The second-order valence-corrected chi connectivity index (χ2v) is 7.32. The van der Waals surface area contributed by atoms with Crippen LogP contribution in [0.2, 0.25) is 0 Å². The maximum Gasteiger partial charge on any atom is 0.338 e. The molecule has 0 bridgehead atoms. The number of fused-ring (bicyclic) bond motifs is 1. The molecule has 0 fully saturated rings. The quantitative estimate of drug-likeness (QED) is 0.466. The van der Waals surface area contributed by atoms with Gasteiger partial charge >= 0.3 is 5.97 Å². The second kappa shape index (κ2) is 8.24. The van der Waals surface area contributed by atoms with Crippen LogP contribution in [0.5, 0.6) is 0 Å². The molecule has 4 aromatic rings. The lowest BCUT2D eigenvalue weighted by Gasteiger charge is -2.15. The highest BCUT2D eigenvalue weighted by molar-refractivity contribution is 7.22. The summed E-state index contributed by atoms with van der Waals surface area (Å²) in [4.78, 5) is 36.6. The van der Waals surface area contributed by atoms with Crippen molar-refractivity contribution in [3.8, 4) is 11.4 Å². The molecule has 1 atom stereocenters. The number of benzene rings is 2. The molecule has 0 saturated heterocycles. The van der Waals surface area contributed by atoms with E-state index in [1.807, 2.05) is 24.3 Å². The van der Waals surface area contributed by atoms with Gasteiger partial charge in [0, 0.05) is 18.0 Å². The van der Waals surface area contributed by atoms with Gasteiger partial charge in [-0.05, 0) is 30.7 Å². The van der Waals surface area contributed by atoms with E-state index in [-0.39, 0.29) is 0 Å². The molecule has 7 nitrogen and oxygen atoms in total. The van der Waals surface area contributed by atoms with Crippen molar-refractivity contribution in [1.29, 1.82) is 0 Å². The highest BCUT2D eigenvalue weighted by Crippen LogP contribution is 2.25. The number of rotatable bonds is 6. The number of carbonyl (C=O) groups is 2. The molecule has 146 valence electrons. The first kappa shape index (κ1) is 18.8. The third-order valence-corrected chi connectivity index (χ3v) is 5.28. The number of imidazole rings is 1. The van der Waals surface area contributed by atoms with E-state index in [1.165, 1.54) is 11.3 Å². The monoisotopic (exact) mass is 406 g/mol. The molecule has 0 saturated carbocycles. The summed E-state index contributed by atoms with van der Waals surface area (Å²) in [5, 5.41) is 3.23. The number of amides is 1. The number of nitrogens with zero attached hydrogens (tertiary/aromatic N) is 2. The minimum absolute atomic E-state index is 0.354. The molecule has 0 aliphatic carbocycles. The molecule has 0 spiro atoms. The fourth-order valence-electron chi connectivity index (χ4n) is 2.82. The van der Waals surface area contributed by atoms with E-state index in [0.29, 0.717) is 22.9 Å². The smallest absolute Gasteiger partial charge is 0.338 e. The first-order valence-corrected chi connectivity index (χ1v) is 9.93. The Morgan fingerprint density at radius 3 is 2.66 bits per heavy atom. The minimum Gasteiger partial charge on any atom is -0.449 e. The topological polar surface area (TPSA) is 97.0 Å². The number of ether oxygens (including phenoxy) is 1. The minimum atomic E-state index is -0.903. The van der Waals surface area contributed by atoms with Crippen LogP contribution in [0.15, 0.2) is 60.9 Å². The number of para-hydroxylation sites is 1. The van der Waals surface area contributed by atoms with Crippen molar-refractivity contribution >= 4 is 38.6 Å². The van der Waals surface area contributed by atoms with E-state index >= 15 is 0 Å². The molecule has 29 heavy (non-hydrogen) atoms. The van der Waals surface area contributed by atoms with Gasteiger partial charge in [-0.3, -0.25) is 10.1 Å². The van der Waals surface area contributed by atoms with E-state index in [9.17, 15) is 9.59 Å². The number of esters is 1. The Morgan fingerprint density at radius 1 is 1.17 bits per heavy atom. The van der Waals surface area contributed by atoms with Gasteiger partial charge in [-0.25, -0.2) is 14.8 Å². The average Bonchev–Trinajstić information content (AvgIpc) is 3.41. The Kier molecular flexibility index (Phi) is 5.35. The van der Waals surface area contributed by atoms with Gasteiger partial charge < -0.3 is 9.72 Å². The highest BCUT2D eigenvalue weighted by Gasteiger charge is 2.23. The molecule has 0 aliphatic rings. The van der Waals surface area contributed by atoms with Gasteiger partial charge in [0.15, 0.2) is 11.2 Å². The molecule has 2 N–H and O–H groups in total. The van der Waals surface area contributed by atoms with Crippen LogP contribution >= 0.6 is 11.3 Å². The normalized spacial score (nSPS) is 11.9. The standard InChI is InChI=1S/C21H18N4O3S/c1-2-16(19(26)25-21-24-15-5-3-4-6-17(15)29-21)28-20(27)14-9-7-13(8-10-14)18-22-11-12-23-18/h3-12,16H,2H2,1H3,(H,22,23)(H,24,25,26). The van der Waals surface area contributed by atoms with Crippen molar-refractivity contribution in [2.75, 3.05) is 5.32 Å². The molecule has 1 unspecified atom stereocenters. The van der Waals surface area contributed by atoms with Crippen LogP contribution < -0.4 is 5.32 Å². The van der Waals surface area contributed by atoms with E-state index in [0.717, 1.165) is 15.8 Å². The Labute approximate surface area is 170 Å². The van der Waals surface area contributed by atoms with Gasteiger partial charge in [0.1, 0.15) is 5.82 Å². The number of H-pyrrole nitrogens is 1. The van der Waals surface area contributed by atoms with E-state index < -0.39 is 18.0 Å². The van der Waals surface area contributed by atoms with Crippen LogP contribution in [0.4, 0.5) is 5.13 Å². The van der Waals surface area contributed by atoms with Crippen LogP contribution in [0.3, 0.4) is 0 Å². The van der Waals surface area contributed by atoms with Crippen molar-refractivity contribution in [1.82, 2.24) is 15.0 Å². The molecule has 2 aromatic carbocycles. The number of aromatic amines is 1. The molecule has 8 heteroatoms. The van der Waals surface area contributed by atoms with Crippen molar-refractivity contribution in [3.05, 3.63) is 66.5 Å². The fraction of sp³-hybridized carbons (Fsp3) is 0.143. The van der Waals surface area contributed by atoms with Crippen molar-refractivity contribution < 1.29 is 14.3 Å². The summed E-state index contributed by atoms with van der Waals surface area (Å²) in [5.74, 6) is -0.235. The SMILES string of the molecule is CCC(OC(=O)c1ccc(-c2ncc[nH]2)cc1)C(=O)Nc1nc2ccccc2s1. The maximum absolute atomic E-state index is 12.6. The molecular formula is C21H18N4O3S. The number of nitrogens with one attached hydrogen (secondary N) is 2. The zero-order valence-electron chi connectivity index (χ0n) is 15.6. The summed E-state index contributed by atoms with van der Waals surface area (Å²) < 4.78 is 6.40. The van der Waals surface area contributed by atoms with Gasteiger partial charge in [-0.1, -0.05) is 42.5 Å². The van der Waals surface area contributed by atoms with Gasteiger partial charge in [0.05, 0.1) is 15.8 Å². The number of thiazole rings is 1. The fourth-order valence-corrected chi connectivity index (χ4v) is 3.69. The molecule has 2 heterocycles. The Hall–Kier alpha value is -3.52. The number of carbonyl (C=O) groups excluding carboxylic acids is 2. The van der Waals surface area contributed by atoms with Gasteiger partial charge in [-0.15, -0.1) is 0 Å². The van der Waals surface area contributed by atoms with Crippen LogP contribution in [0.1, 0.15) is 23.7 Å². The van der Waals surface area contributed by atoms with Crippen molar-refractivity contribution in [3.63, 3.8) is 0 Å². The van der Waals surface area contributed by atoms with Gasteiger partial charge in [-0.2, -0.15) is 0 Å². The highest BCUT2D eigenvalue weighted by atomic mass is 32.1. The summed E-state index contributed by atoms with van der Waals surface area (Å²) in [6.45, 7) is 1.79. The lowest BCUT2D eigenvalue weighted by Crippen LogP contribution is -2.32. The number of hydrogen-bond donors (Lipinski definition) is 2. The van der Waals surface area contributed by atoms with E-state index in [4.69, 9.17) is 4.74 Å². The maximum atomic E-state index is 12.6. The number of aromatic nitrogens is 3. The summed E-state index contributed by atoms with van der Waals surface area (Å²) in [6, 6.07) is 14.5. The van der Waals surface area contributed by atoms with Crippen molar-refractivity contribution in [2.45, 2.75) is 19.4 Å². The lowest BCUT2D eigenvalue weighted by atomic mass is 10.1. The summed E-state index contributed by atoms with van der Waals surface area (Å²) in [6.07, 6.45) is 2.84. The summed E-state index contributed by atoms with van der Waals surface area (Å²) in [5.41, 5.74) is 2.04. The first-order valence-electron chi connectivity index (χ1n) is 9.11. The Balaban J connectivity index is 1.42. The molecule has 0 radical (unpaired) electrons. The third kappa shape index (κ3) is 4.17.